The van der Waals surface area contributed by atoms with Gasteiger partial charge in [0.25, 0.3) is 5.91 Å². The number of piperidine rings is 1. The molecule has 1 aliphatic rings. The highest BCUT2D eigenvalue weighted by Crippen LogP contribution is 2.23. The van der Waals surface area contributed by atoms with Crippen molar-refractivity contribution in [1.82, 2.24) is 10.3 Å². The number of amides is 1. The molecule has 0 radical (unpaired) electrons. The van der Waals surface area contributed by atoms with Gasteiger partial charge in [-0.1, -0.05) is 0 Å². The first-order chi connectivity index (χ1) is 13.8. The zero-order valence-corrected chi connectivity index (χ0v) is 15.7. The Morgan fingerprint density at radius 3 is 2.64 bits per heavy atom. The van der Waals surface area contributed by atoms with Crippen LogP contribution < -0.4 is 15.5 Å². The molecule has 0 spiro atoms. The summed E-state index contributed by atoms with van der Waals surface area (Å²) in [5.74, 6) is 1.19. The van der Waals surface area contributed by atoms with Gasteiger partial charge in [-0.15, -0.1) is 0 Å². The van der Waals surface area contributed by atoms with E-state index >= 15 is 0 Å². The second-order valence-electron chi connectivity index (χ2n) is 6.91. The number of hydrogen-bond donors (Lipinski definition) is 2. The number of carbonyl (C=O) groups is 1. The monoisotopic (exact) mass is 376 g/mol. The number of pyridine rings is 1. The predicted octanol–water partition coefficient (Wildman–Crippen LogP) is 4.34. The molecule has 4 rings (SSSR count). The number of anilines is 3. The Morgan fingerprint density at radius 1 is 1.07 bits per heavy atom. The van der Waals surface area contributed by atoms with E-state index in [9.17, 15) is 4.79 Å². The predicted molar refractivity (Wildman–Crippen MR) is 110 cm³/mol. The molecule has 1 saturated heterocycles. The first-order valence-electron chi connectivity index (χ1n) is 9.66. The number of nitrogens with one attached hydrogen (secondary N) is 2. The van der Waals surface area contributed by atoms with Crippen molar-refractivity contribution in [1.29, 1.82) is 0 Å². The molecule has 0 saturated carbocycles. The van der Waals surface area contributed by atoms with Crippen molar-refractivity contribution in [2.24, 2.45) is 0 Å². The van der Waals surface area contributed by atoms with Crippen LogP contribution in [-0.4, -0.2) is 24.0 Å². The fraction of sp³-hybridized carbons (Fsp3) is 0.273. The minimum absolute atomic E-state index is 0.165. The van der Waals surface area contributed by atoms with Crippen LogP contribution in [0, 0.1) is 0 Å². The molecule has 1 amide bonds. The van der Waals surface area contributed by atoms with Gasteiger partial charge in [0.15, 0.2) is 0 Å². The fourth-order valence-corrected chi connectivity index (χ4v) is 3.38. The summed E-state index contributed by atoms with van der Waals surface area (Å²) in [5, 5.41) is 6.11. The van der Waals surface area contributed by atoms with Crippen LogP contribution in [-0.2, 0) is 6.54 Å². The topological polar surface area (TPSA) is 70.4 Å². The molecule has 0 atom stereocenters. The maximum Gasteiger partial charge on any atom is 0.251 e. The second kappa shape index (κ2) is 8.61. The zero-order chi connectivity index (χ0) is 19.2. The lowest BCUT2D eigenvalue weighted by atomic mass is 10.1. The van der Waals surface area contributed by atoms with Crippen LogP contribution in [0.4, 0.5) is 17.2 Å². The van der Waals surface area contributed by atoms with Crippen molar-refractivity contribution < 1.29 is 9.21 Å². The lowest BCUT2D eigenvalue weighted by molar-refractivity contribution is 0.0948. The van der Waals surface area contributed by atoms with Gasteiger partial charge in [-0.3, -0.25) is 4.79 Å². The number of aromatic nitrogens is 1. The van der Waals surface area contributed by atoms with Gasteiger partial charge in [0.05, 0.1) is 12.8 Å². The minimum Gasteiger partial charge on any atom is -0.467 e. The van der Waals surface area contributed by atoms with Gasteiger partial charge in [0.1, 0.15) is 11.6 Å². The number of nitrogens with zero attached hydrogens (tertiary/aromatic N) is 2. The Kier molecular flexibility index (Phi) is 5.56. The Balaban J connectivity index is 1.38. The Morgan fingerprint density at radius 2 is 1.89 bits per heavy atom. The molecule has 2 aromatic heterocycles. The van der Waals surface area contributed by atoms with Crippen LogP contribution in [0.3, 0.4) is 0 Å². The van der Waals surface area contributed by atoms with Crippen molar-refractivity contribution in [2.45, 2.75) is 25.8 Å². The van der Waals surface area contributed by atoms with E-state index in [1.54, 1.807) is 30.7 Å². The van der Waals surface area contributed by atoms with Crippen molar-refractivity contribution in [2.75, 3.05) is 23.3 Å². The highest BCUT2D eigenvalue weighted by Gasteiger charge is 2.11. The maximum atomic E-state index is 12.4. The molecule has 1 aromatic carbocycles. The second-order valence-corrected chi connectivity index (χ2v) is 6.91. The normalized spacial score (nSPS) is 13.9. The molecule has 3 heterocycles. The van der Waals surface area contributed by atoms with E-state index in [2.05, 4.69) is 44.8 Å². The molecule has 0 aliphatic carbocycles. The van der Waals surface area contributed by atoms with E-state index in [1.807, 2.05) is 6.07 Å². The molecule has 0 unspecified atom stereocenters. The number of hydrogen-bond acceptors (Lipinski definition) is 5. The lowest BCUT2D eigenvalue weighted by Gasteiger charge is -2.28. The summed E-state index contributed by atoms with van der Waals surface area (Å²) in [7, 11) is 0. The molecule has 2 N–H and O–H groups in total. The molecule has 28 heavy (non-hydrogen) atoms. The van der Waals surface area contributed by atoms with Crippen LogP contribution in [0.25, 0.3) is 0 Å². The maximum absolute atomic E-state index is 12.4. The van der Waals surface area contributed by atoms with Crippen molar-refractivity contribution in [3.63, 3.8) is 0 Å². The minimum atomic E-state index is -0.165. The van der Waals surface area contributed by atoms with Gasteiger partial charge >= 0.3 is 0 Å². The third-order valence-electron chi connectivity index (χ3n) is 4.89. The average molecular weight is 376 g/mol. The molecule has 0 bridgehead atoms. The molecular formula is C22H24N4O2. The fourth-order valence-electron chi connectivity index (χ4n) is 3.38. The van der Waals surface area contributed by atoms with Gasteiger partial charge in [0.2, 0.25) is 0 Å². The van der Waals surface area contributed by atoms with Crippen LogP contribution in [0.2, 0.25) is 0 Å². The van der Waals surface area contributed by atoms with Gasteiger partial charge in [-0.05, 0) is 67.8 Å². The first kappa shape index (κ1) is 18.1. The van der Waals surface area contributed by atoms with Gasteiger partial charge in [-0.2, -0.15) is 0 Å². The highest BCUT2D eigenvalue weighted by atomic mass is 16.3. The van der Waals surface area contributed by atoms with Crippen molar-refractivity contribution >= 4 is 23.1 Å². The molecule has 6 nitrogen and oxygen atoms in total. The standard InChI is InChI=1S/C22H24N4O2/c27-22(24-16-20-5-4-14-28-20)17-10-11-23-21(15-17)25-18-6-8-19(9-7-18)26-12-2-1-3-13-26/h4-11,14-15H,1-3,12-13,16H2,(H,23,25)(H,24,27). The molecule has 6 heteroatoms. The van der Waals surface area contributed by atoms with Crippen LogP contribution in [0.15, 0.2) is 65.4 Å². The molecule has 1 fully saturated rings. The van der Waals surface area contributed by atoms with E-state index in [0.717, 1.165) is 24.5 Å². The van der Waals surface area contributed by atoms with Crippen LogP contribution >= 0.6 is 0 Å². The van der Waals surface area contributed by atoms with Crippen LogP contribution in [0.5, 0.6) is 0 Å². The third kappa shape index (κ3) is 4.52. The van der Waals surface area contributed by atoms with E-state index in [0.29, 0.717) is 17.9 Å². The summed E-state index contributed by atoms with van der Waals surface area (Å²) < 4.78 is 5.23. The lowest BCUT2D eigenvalue weighted by Crippen LogP contribution is -2.29. The van der Waals surface area contributed by atoms with Crippen molar-refractivity contribution in [3.8, 4) is 0 Å². The average Bonchev–Trinajstić information content (AvgIpc) is 3.27. The summed E-state index contributed by atoms with van der Waals surface area (Å²) in [5.41, 5.74) is 2.75. The van der Waals surface area contributed by atoms with Gasteiger partial charge in [-0.25, -0.2) is 4.98 Å². The van der Waals surface area contributed by atoms with Gasteiger partial charge in [0, 0.05) is 36.2 Å². The third-order valence-corrected chi connectivity index (χ3v) is 4.89. The highest BCUT2D eigenvalue weighted by molar-refractivity contribution is 5.94. The number of benzene rings is 1. The Labute approximate surface area is 164 Å². The number of furan rings is 1. The van der Waals surface area contributed by atoms with Crippen molar-refractivity contribution in [3.05, 3.63) is 72.3 Å². The van der Waals surface area contributed by atoms with E-state index < -0.39 is 0 Å². The zero-order valence-electron chi connectivity index (χ0n) is 15.7. The first-order valence-corrected chi connectivity index (χ1v) is 9.66. The largest absolute Gasteiger partial charge is 0.467 e. The summed E-state index contributed by atoms with van der Waals surface area (Å²) in [4.78, 5) is 19.1. The summed E-state index contributed by atoms with van der Waals surface area (Å²) in [6.07, 6.45) is 7.07. The van der Waals surface area contributed by atoms with E-state index in [-0.39, 0.29) is 5.91 Å². The summed E-state index contributed by atoms with van der Waals surface area (Å²) in [6, 6.07) is 15.4. The summed E-state index contributed by atoms with van der Waals surface area (Å²) >= 11 is 0. The molecule has 3 aromatic rings. The number of rotatable bonds is 6. The molecule has 144 valence electrons. The Bertz CT molecular complexity index is 901. The smallest absolute Gasteiger partial charge is 0.251 e. The SMILES string of the molecule is O=C(NCc1ccco1)c1ccnc(Nc2ccc(N3CCCCC3)cc2)c1. The van der Waals surface area contributed by atoms with E-state index in [1.165, 1.54) is 24.9 Å². The molecule has 1 aliphatic heterocycles. The van der Waals surface area contributed by atoms with Gasteiger partial charge < -0.3 is 20.0 Å². The van der Waals surface area contributed by atoms with Crippen LogP contribution in [0.1, 0.15) is 35.4 Å². The quantitative estimate of drug-likeness (QED) is 0.670. The van der Waals surface area contributed by atoms with E-state index in [4.69, 9.17) is 4.42 Å². The summed E-state index contributed by atoms with van der Waals surface area (Å²) in [6.45, 7) is 2.61. The molecular weight excluding hydrogens is 352 g/mol. The number of carbonyl (C=O) groups excluding carboxylic acids is 1. The Hall–Kier alpha value is -3.28.